The summed E-state index contributed by atoms with van der Waals surface area (Å²) in [6, 6.07) is 8.05. The molecule has 1 N–H and O–H groups in total. The average molecular weight is 186 g/mol. The van der Waals surface area contributed by atoms with Crippen LogP contribution in [-0.4, -0.2) is 5.11 Å². The lowest BCUT2D eigenvalue weighted by molar-refractivity contribution is 0.0804. The molecule has 2 rings (SSSR count). The number of hydrogen-bond donors (Lipinski definition) is 1. The summed E-state index contributed by atoms with van der Waals surface area (Å²) in [5, 5.41) is 10.3. The summed E-state index contributed by atoms with van der Waals surface area (Å²) in [5.74, 6) is 5.74. The van der Waals surface area contributed by atoms with E-state index in [2.05, 4.69) is 17.9 Å². The van der Waals surface area contributed by atoms with E-state index in [-0.39, 0.29) is 0 Å². The van der Waals surface area contributed by atoms with Crippen LogP contribution >= 0.6 is 0 Å². The molecule has 14 heavy (non-hydrogen) atoms. The van der Waals surface area contributed by atoms with E-state index in [0.29, 0.717) is 0 Å². The SMILES string of the molecule is CC#CC1(O)CCCc2ccccc21. The van der Waals surface area contributed by atoms with Gasteiger partial charge in [-0.1, -0.05) is 30.2 Å². The molecule has 1 unspecified atom stereocenters. The minimum Gasteiger partial charge on any atom is -0.373 e. The van der Waals surface area contributed by atoms with Crippen molar-refractivity contribution >= 4 is 0 Å². The second kappa shape index (κ2) is 3.48. The number of benzene rings is 1. The van der Waals surface area contributed by atoms with E-state index in [1.54, 1.807) is 6.92 Å². The number of fused-ring (bicyclic) bond motifs is 1. The van der Waals surface area contributed by atoms with Crippen LogP contribution in [-0.2, 0) is 12.0 Å². The maximum absolute atomic E-state index is 10.3. The lowest BCUT2D eigenvalue weighted by atomic mass is 9.79. The molecular formula is C13H14O. The Morgan fingerprint density at radius 1 is 1.36 bits per heavy atom. The summed E-state index contributed by atoms with van der Waals surface area (Å²) in [5.41, 5.74) is 1.34. The quantitative estimate of drug-likeness (QED) is 0.616. The van der Waals surface area contributed by atoms with Gasteiger partial charge in [-0.25, -0.2) is 0 Å². The molecule has 1 aromatic carbocycles. The van der Waals surface area contributed by atoms with Gasteiger partial charge in [0.25, 0.3) is 0 Å². The van der Waals surface area contributed by atoms with Crippen LogP contribution in [0.2, 0.25) is 0 Å². The maximum Gasteiger partial charge on any atom is 0.151 e. The first-order valence-corrected chi connectivity index (χ1v) is 5.01. The molecule has 1 nitrogen and oxygen atoms in total. The summed E-state index contributed by atoms with van der Waals surface area (Å²) >= 11 is 0. The Labute approximate surface area is 84.8 Å². The first-order valence-electron chi connectivity index (χ1n) is 5.01. The van der Waals surface area contributed by atoms with Gasteiger partial charge in [-0.3, -0.25) is 0 Å². The Balaban J connectivity index is 2.53. The van der Waals surface area contributed by atoms with Crippen LogP contribution in [0.3, 0.4) is 0 Å². The van der Waals surface area contributed by atoms with Gasteiger partial charge in [0.05, 0.1) is 0 Å². The van der Waals surface area contributed by atoms with E-state index in [0.717, 1.165) is 24.8 Å². The van der Waals surface area contributed by atoms with Crippen molar-refractivity contribution in [1.29, 1.82) is 0 Å². The Kier molecular flexibility index (Phi) is 2.31. The van der Waals surface area contributed by atoms with Crippen molar-refractivity contribution in [2.24, 2.45) is 0 Å². The Hall–Kier alpha value is -1.26. The van der Waals surface area contributed by atoms with Crippen molar-refractivity contribution in [1.82, 2.24) is 0 Å². The van der Waals surface area contributed by atoms with E-state index in [1.165, 1.54) is 5.56 Å². The molecule has 0 radical (unpaired) electrons. The zero-order valence-corrected chi connectivity index (χ0v) is 8.38. The summed E-state index contributed by atoms with van der Waals surface area (Å²) in [6.07, 6.45) is 2.83. The van der Waals surface area contributed by atoms with E-state index in [4.69, 9.17) is 0 Å². The van der Waals surface area contributed by atoms with E-state index in [1.807, 2.05) is 18.2 Å². The van der Waals surface area contributed by atoms with E-state index in [9.17, 15) is 5.11 Å². The first-order chi connectivity index (χ1) is 6.76. The fraction of sp³-hybridized carbons (Fsp3) is 0.385. The van der Waals surface area contributed by atoms with Gasteiger partial charge in [0, 0.05) is 0 Å². The molecule has 1 aliphatic rings. The molecule has 0 amide bonds. The van der Waals surface area contributed by atoms with Gasteiger partial charge >= 0.3 is 0 Å². The maximum atomic E-state index is 10.3. The standard InChI is InChI=1S/C13H14O/c1-2-9-13(14)10-5-7-11-6-3-4-8-12(11)13/h3-4,6,8,14H,5,7,10H2,1H3. The number of aliphatic hydroxyl groups is 1. The van der Waals surface area contributed by atoms with Crippen molar-refractivity contribution in [2.45, 2.75) is 31.8 Å². The van der Waals surface area contributed by atoms with Gasteiger partial charge in [-0.05, 0) is 37.3 Å². The molecule has 1 aromatic rings. The van der Waals surface area contributed by atoms with Gasteiger partial charge < -0.3 is 5.11 Å². The van der Waals surface area contributed by atoms with Gasteiger partial charge in [-0.2, -0.15) is 0 Å². The van der Waals surface area contributed by atoms with Gasteiger partial charge in [0.15, 0.2) is 5.60 Å². The zero-order chi connectivity index (χ0) is 10.0. The molecule has 1 aliphatic carbocycles. The van der Waals surface area contributed by atoms with E-state index < -0.39 is 5.60 Å². The molecule has 1 heteroatoms. The highest BCUT2D eigenvalue weighted by molar-refractivity contribution is 5.40. The molecular weight excluding hydrogens is 172 g/mol. The molecule has 0 saturated heterocycles. The molecule has 0 aromatic heterocycles. The van der Waals surface area contributed by atoms with Gasteiger partial charge in [0.2, 0.25) is 0 Å². The molecule has 0 heterocycles. The number of aryl methyl sites for hydroxylation is 1. The predicted octanol–water partition coefficient (Wildman–Crippen LogP) is 2.23. The average Bonchev–Trinajstić information content (AvgIpc) is 2.19. The Morgan fingerprint density at radius 3 is 2.93 bits per heavy atom. The largest absolute Gasteiger partial charge is 0.373 e. The summed E-state index contributed by atoms with van der Waals surface area (Å²) in [7, 11) is 0. The van der Waals surface area contributed by atoms with Crippen LogP contribution in [0.5, 0.6) is 0 Å². The van der Waals surface area contributed by atoms with Gasteiger partial charge in [-0.15, -0.1) is 5.92 Å². The van der Waals surface area contributed by atoms with Crippen molar-refractivity contribution in [2.75, 3.05) is 0 Å². The highest BCUT2D eigenvalue weighted by Crippen LogP contribution is 2.34. The first kappa shape index (κ1) is 9.30. The highest BCUT2D eigenvalue weighted by atomic mass is 16.3. The Morgan fingerprint density at radius 2 is 2.14 bits per heavy atom. The third-order valence-corrected chi connectivity index (χ3v) is 2.78. The lowest BCUT2D eigenvalue weighted by Crippen LogP contribution is -2.28. The van der Waals surface area contributed by atoms with Crippen LogP contribution in [0.1, 0.15) is 30.9 Å². The molecule has 0 aliphatic heterocycles. The normalized spacial score (nSPS) is 24.7. The fourth-order valence-corrected chi connectivity index (χ4v) is 2.15. The molecule has 0 bridgehead atoms. The molecule has 0 saturated carbocycles. The fourth-order valence-electron chi connectivity index (χ4n) is 2.15. The minimum atomic E-state index is -0.899. The monoisotopic (exact) mass is 186 g/mol. The zero-order valence-electron chi connectivity index (χ0n) is 8.38. The lowest BCUT2D eigenvalue weighted by Gasteiger charge is -2.29. The smallest absolute Gasteiger partial charge is 0.151 e. The Bertz CT molecular complexity index is 397. The minimum absolute atomic E-state index is 0.755. The van der Waals surface area contributed by atoms with Crippen LogP contribution in [0.15, 0.2) is 24.3 Å². The molecule has 0 fully saturated rings. The van der Waals surface area contributed by atoms with Crippen LogP contribution in [0, 0.1) is 11.8 Å². The van der Waals surface area contributed by atoms with Crippen LogP contribution < -0.4 is 0 Å². The summed E-state index contributed by atoms with van der Waals surface area (Å²) < 4.78 is 0. The molecule has 0 spiro atoms. The predicted molar refractivity (Wildman–Crippen MR) is 56.7 cm³/mol. The number of rotatable bonds is 0. The highest BCUT2D eigenvalue weighted by Gasteiger charge is 2.31. The third kappa shape index (κ3) is 1.42. The van der Waals surface area contributed by atoms with Crippen molar-refractivity contribution < 1.29 is 5.11 Å². The van der Waals surface area contributed by atoms with Crippen molar-refractivity contribution in [3.8, 4) is 11.8 Å². The second-order valence-corrected chi connectivity index (χ2v) is 3.75. The summed E-state index contributed by atoms with van der Waals surface area (Å²) in [6.45, 7) is 1.77. The van der Waals surface area contributed by atoms with Crippen molar-refractivity contribution in [3.05, 3.63) is 35.4 Å². The van der Waals surface area contributed by atoms with Crippen LogP contribution in [0.25, 0.3) is 0 Å². The summed E-state index contributed by atoms with van der Waals surface area (Å²) in [4.78, 5) is 0. The molecule has 1 atom stereocenters. The molecule has 72 valence electrons. The van der Waals surface area contributed by atoms with Crippen LogP contribution in [0.4, 0.5) is 0 Å². The topological polar surface area (TPSA) is 20.2 Å². The second-order valence-electron chi connectivity index (χ2n) is 3.75. The van der Waals surface area contributed by atoms with Crippen molar-refractivity contribution in [3.63, 3.8) is 0 Å². The number of hydrogen-bond acceptors (Lipinski definition) is 1. The van der Waals surface area contributed by atoms with Gasteiger partial charge in [0.1, 0.15) is 0 Å². The third-order valence-electron chi connectivity index (χ3n) is 2.78. The van der Waals surface area contributed by atoms with E-state index >= 15 is 0 Å².